The minimum atomic E-state index is -0.598. The van der Waals surface area contributed by atoms with Crippen LogP contribution >= 0.6 is 0 Å². The summed E-state index contributed by atoms with van der Waals surface area (Å²) in [6.07, 6.45) is 0. The molecule has 10 nitrogen and oxygen atoms in total. The van der Waals surface area contributed by atoms with Crippen LogP contribution < -0.4 is 11.2 Å². The Morgan fingerprint density at radius 3 is 2.71 bits per heavy atom. The summed E-state index contributed by atoms with van der Waals surface area (Å²) in [6.45, 7) is 1.67. The largest absolute Gasteiger partial charge is 0.441 e. The molecule has 0 spiro atoms. The Hall–Kier alpha value is -3.79. The molecule has 0 radical (unpaired) electrons. The molecule has 2 aromatic heterocycles. The molecule has 0 saturated heterocycles. The van der Waals surface area contributed by atoms with Crippen LogP contribution in [-0.4, -0.2) is 31.5 Å². The van der Waals surface area contributed by atoms with E-state index in [2.05, 4.69) is 20.3 Å². The van der Waals surface area contributed by atoms with Gasteiger partial charge in [-0.05, 0) is 19.1 Å². The molecule has 0 fully saturated rings. The Kier molecular flexibility index (Phi) is 5.92. The summed E-state index contributed by atoms with van der Waals surface area (Å²) in [4.78, 5) is 25.5. The van der Waals surface area contributed by atoms with E-state index in [0.29, 0.717) is 28.6 Å². The van der Waals surface area contributed by atoms with Crippen molar-refractivity contribution in [1.82, 2.24) is 20.2 Å². The molecule has 0 saturated carbocycles. The zero-order chi connectivity index (χ0) is 19.9. The van der Waals surface area contributed by atoms with Gasteiger partial charge in [0.1, 0.15) is 5.84 Å². The summed E-state index contributed by atoms with van der Waals surface area (Å²) < 4.78 is 5.94. The van der Waals surface area contributed by atoms with Crippen molar-refractivity contribution in [1.29, 1.82) is 0 Å². The quantitative estimate of drug-likeness (QED) is 0.378. The van der Waals surface area contributed by atoms with Crippen molar-refractivity contribution in [2.24, 2.45) is 17.2 Å². The highest BCUT2D eigenvalue weighted by Gasteiger charge is 2.17. The predicted octanol–water partition coefficient (Wildman–Crippen LogP) is 1.77. The Labute approximate surface area is 159 Å². The van der Waals surface area contributed by atoms with Gasteiger partial charge in [-0.2, -0.15) is 0 Å². The van der Waals surface area contributed by atoms with Gasteiger partial charge >= 0.3 is 5.76 Å². The fourth-order valence-corrected chi connectivity index (χ4v) is 2.28. The van der Waals surface area contributed by atoms with Crippen LogP contribution in [0.3, 0.4) is 0 Å². The molecule has 2 N–H and O–H groups in total. The van der Waals surface area contributed by atoms with E-state index in [0.717, 1.165) is 0 Å². The smallest absolute Gasteiger partial charge is 0.389 e. The highest BCUT2D eigenvalue weighted by Crippen LogP contribution is 2.12. The second kappa shape index (κ2) is 8.73. The first-order chi connectivity index (χ1) is 13.6. The lowest BCUT2D eigenvalue weighted by Crippen LogP contribution is -2.17. The molecule has 0 amide bonds. The predicted molar refractivity (Wildman–Crippen MR) is 101 cm³/mol. The summed E-state index contributed by atoms with van der Waals surface area (Å²) >= 11 is 0. The number of hydrogen-bond acceptors (Lipinski definition) is 8. The van der Waals surface area contributed by atoms with E-state index in [1.54, 1.807) is 25.1 Å². The van der Waals surface area contributed by atoms with Crippen molar-refractivity contribution in [3.05, 3.63) is 76.2 Å². The van der Waals surface area contributed by atoms with Gasteiger partial charge in [-0.25, -0.2) is 14.8 Å². The second-order valence-electron chi connectivity index (χ2n) is 5.71. The lowest BCUT2D eigenvalue weighted by Gasteiger charge is -2.06. The molecule has 3 rings (SSSR count). The van der Waals surface area contributed by atoms with Gasteiger partial charge in [-0.3, -0.25) is 19.8 Å². The summed E-state index contributed by atoms with van der Waals surface area (Å²) in [5.41, 5.74) is 3.59. The average Bonchev–Trinajstić information content (AvgIpc) is 3.05. The SMILES string of the molecule is CC(=Nc1cccc(CON=C(c2ccccc2)c2noc(=O)n2C)n1)NO. The van der Waals surface area contributed by atoms with Crippen LogP contribution in [0.15, 0.2) is 68.0 Å². The summed E-state index contributed by atoms with van der Waals surface area (Å²) in [7, 11) is 1.53. The Bertz CT molecular complexity index is 1060. The van der Waals surface area contributed by atoms with Gasteiger partial charge in [0.15, 0.2) is 18.1 Å². The summed E-state index contributed by atoms with van der Waals surface area (Å²) in [5.74, 6) is 0.360. The normalized spacial score (nSPS) is 12.1. The van der Waals surface area contributed by atoms with Gasteiger partial charge in [0.05, 0.1) is 5.69 Å². The molecule has 2 heterocycles. The standard InChI is InChI=1S/C18H18N6O4/c1-12(21-26)19-15-10-6-9-14(20-15)11-27-22-16(13-7-4-3-5-8-13)17-23-28-18(25)24(17)2/h3-10,26H,11H2,1-2H3,(H,19,20,21). The monoisotopic (exact) mass is 382 g/mol. The van der Waals surface area contributed by atoms with E-state index >= 15 is 0 Å². The number of hydroxylamine groups is 1. The molecule has 3 aromatic rings. The van der Waals surface area contributed by atoms with Crippen LogP contribution in [-0.2, 0) is 18.5 Å². The average molecular weight is 382 g/mol. The molecule has 0 unspecified atom stereocenters. The maximum absolute atomic E-state index is 11.6. The van der Waals surface area contributed by atoms with E-state index in [-0.39, 0.29) is 12.4 Å². The van der Waals surface area contributed by atoms with Crippen LogP contribution in [0.5, 0.6) is 0 Å². The fourth-order valence-electron chi connectivity index (χ4n) is 2.28. The van der Waals surface area contributed by atoms with Crippen LogP contribution in [0.4, 0.5) is 5.82 Å². The molecule has 0 atom stereocenters. The number of aliphatic imine (C=N–C) groups is 1. The van der Waals surface area contributed by atoms with Gasteiger partial charge < -0.3 is 4.84 Å². The van der Waals surface area contributed by atoms with Crippen molar-refractivity contribution >= 4 is 17.4 Å². The van der Waals surface area contributed by atoms with Crippen molar-refractivity contribution in [2.75, 3.05) is 0 Å². The number of nitrogens with zero attached hydrogens (tertiary/aromatic N) is 5. The number of hydrogen-bond donors (Lipinski definition) is 2. The number of benzene rings is 1. The topological polar surface area (TPSA) is 127 Å². The second-order valence-corrected chi connectivity index (χ2v) is 5.71. The van der Waals surface area contributed by atoms with Gasteiger partial charge in [-0.15, -0.1) is 0 Å². The maximum Gasteiger partial charge on any atom is 0.441 e. The first-order valence-electron chi connectivity index (χ1n) is 8.28. The molecule has 10 heteroatoms. The van der Waals surface area contributed by atoms with E-state index in [1.807, 2.05) is 35.8 Å². The number of amidine groups is 1. The van der Waals surface area contributed by atoms with E-state index in [1.165, 1.54) is 11.6 Å². The van der Waals surface area contributed by atoms with Crippen molar-refractivity contribution in [3.63, 3.8) is 0 Å². The molecular formula is C18H18N6O4. The number of oxime groups is 1. The molecule has 0 aliphatic rings. The molecule has 28 heavy (non-hydrogen) atoms. The van der Waals surface area contributed by atoms with Crippen LogP contribution in [0, 0.1) is 0 Å². The number of nitrogens with one attached hydrogen (secondary N) is 1. The number of pyridine rings is 1. The zero-order valence-electron chi connectivity index (χ0n) is 15.2. The molecule has 0 bridgehead atoms. The lowest BCUT2D eigenvalue weighted by molar-refractivity contribution is 0.128. The third-order valence-electron chi connectivity index (χ3n) is 3.67. The van der Waals surface area contributed by atoms with Crippen molar-refractivity contribution in [3.8, 4) is 0 Å². The van der Waals surface area contributed by atoms with Gasteiger partial charge in [0.25, 0.3) is 0 Å². The Morgan fingerprint density at radius 2 is 2.04 bits per heavy atom. The zero-order valence-corrected chi connectivity index (χ0v) is 15.2. The molecule has 144 valence electrons. The highest BCUT2D eigenvalue weighted by atomic mass is 16.6. The van der Waals surface area contributed by atoms with Gasteiger partial charge in [0.2, 0.25) is 5.82 Å². The first kappa shape index (κ1) is 19.0. The molecule has 1 aromatic carbocycles. The third-order valence-corrected chi connectivity index (χ3v) is 3.67. The Morgan fingerprint density at radius 1 is 1.25 bits per heavy atom. The van der Waals surface area contributed by atoms with E-state index < -0.39 is 5.76 Å². The number of rotatable bonds is 6. The van der Waals surface area contributed by atoms with Gasteiger partial charge in [0, 0.05) is 12.6 Å². The Balaban J connectivity index is 1.84. The van der Waals surface area contributed by atoms with Crippen LogP contribution in [0.25, 0.3) is 0 Å². The minimum absolute atomic E-state index is 0.0666. The van der Waals surface area contributed by atoms with Gasteiger partial charge in [-0.1, -0.05) is 46.7 Å². The van der Waals surface area contributed by atoms with Crippen molar-refractivity contribution < 1.29 is 14.6 Å². The first-order valence-corrected chi connectivity index (χ1v) is 8.28. The third kappa shape index (κ3) is 4.48. The highest BCUT2D eigenvalue weighted by molar-refractivity contribution is 6.10. The minimum Gasteiger partial charge on any atom is -0.389 e. The molecule has 0 aliphatic carbocycles. The lowest BCUT2D eigenvalue weighted by atomic mass is 10.1. The van der Waals surface area contributed by atoms with Crippen LogP contribution in [0.1, 0.15) is 24.0 Å². The van der Waals surface area contributed by atoms with Crippen molar-refractivity contribution in [2.45, 2.75) is 13.5 Å². The van der Waals surface area contributed by atoms with E-state index in [9.17, 15) is 4.79 Å². The summed E-state index contributed by atoms with van der Waals surface area (Å²) in [5, 5.41) is 16.7. The van der Waals surface area contributed by atoms with E-state index in [4.69, 9.17) is 14.6 Å². The number of aromatic nitrogens is 3. The van der Waals surface area contributed by atoms with Crippen LogP contribution in [0.2, 0.25) is 0 Å². The molecule has 0 aliphatic heterocycles. The fraction of sp³-hybridized carbons (Fsp3) is 0.167. The maximum atomic E-state index is 11.6. The summed E-state index contributed by atoms with van der Waals surface area (Å²) in [6, 6.07) is 14.4. The molecular weight excluding hydrogens is 364 g/mol.